The Morgan fingerprint density at radius 1 is 1.23 bits per heavy atom. The van der Waals surface area contributed by atoms with Crippen molar-refractivity contribution in [2.45, 2.75) is 37.4 Å². The van der Waals surface area contributed by atoms with E-state index in [4.69, 9.17) is 15.5 Å². The van der Waals surface area contributed by atoms with Gasteiger partial charge in [0.1, 0.15) is 0 Å². The molecule has 0 saturated carbocycles. The third kappa shape index (κ3) is 5.81. The van der Waals surface area contributed by atoms with Crippen LogP contribution in [0.4, 0.5) is 13.2 Å². The summed E-state index contributed by atoms with van der Waals surface area (Å²) in [5, 5.41) is 0. The van der Waals surface area contributed by atoms with E-state index in [0.29, 0.717) is 25.9 Å². The van der Waals surface area contributed by atoms with Gasteiger partial charge in [0.2, 0.25) is 5.91 Å². The molecule has 0 aromatic heterocycles. The fourth-order valence-electron chi connectivity index (χ4n) is 3.04. The van der Waals surface area contributed by atoms with Crippen molar-refractivity contribution in [1.29, 1.82) is 0 Å². The SMILES string of the molecule is N[C@@H](CCP(=O)(O)O)C(=O)N1CCC(c2ccc(C(F)(F)F)cc2)CC1. The predicted octanol–water partition coefficient (Wildman–Crippen LogP) is 2.31. The summed E-state index contributed by atoms with van der Waals surface area (Å²) in [5.41, 5.74) is 5.83. The Bertz CT molecular complexity index is 667. The Morgan fingerprint density at radius 2 is 1.77 bits per heavy atom. The standard InChI is InChI=1S/C16H22F3N2O4P/c17-16(18,19)13-3-1-11(2-4-13)12-5-8-21(9-6-12)15(22)14(20)7-10-26(23,24)25/h1-4,12,14H,5-10,20H2,(H2,23,24,25)/t14-/m0/s1. The van der Waals surface area contributed by atoms with E-state index in [1.54, 1.807) is 4.90 Å². The molecule has 10 heteroatoms. The predicted molar refractivity (Wildman–Crippen MR) is 89.5 cm³/mol. The van der Waals surface area contributed by atoms with Crippen LogP contribution in [0.2, 0.25) is 0 Å². The van der Waals surface area contributed by atoms with Crippen LogP contribution in [0, 0.1) is 0 Å². The van der Waals surface area contributed by atoms with E-state index in [9.17, 15) is 22.5 Å². The lowest BCUT2D eigenvalue weighted by molar-refractivity contribution is -0.137. The Kier molecular flexibility index (Phi) is 6.50. The Hall–Kier alpha value is -1.41. The lowest BCUT2D eigenvalue weighted by Gasteiger charge is -2.33. The number of likely N-dealkylation sites (tertiary alicyclic amines) is 1. The fraction of sp³-hybridized carbons (Fsp3) is 0.562. The quantitative estimate of drug-likeness (QED) is 0.665. The molecule has 1 aliphatic rings. The normalized spacial score (nSPS) is 18.0. The summed E-state index contributed by atoms with van der Waals surface area (Å²) in [5.74, 6) is -0.294. The van der Waals surface area contributed by atoms with Crippen molar-refractivity contribution in [3.8, 4) is 0 Å². The zero-order valence-corrected chi connectivity index (χ0v) is 14.9. The van der Waals surface area contributed by atoms with Gasteiger partial charge < -0.3 is 20.4 Å². The maximum atomic E-state index is 12.6. The highest BCUT2D eigenvalue weighted by molar-refractivity contribution is 7.51. The van der Waals surface area contributed by atoms with Crippen LogP contribution in [-0.2, 0) is 15.5 Å². The minimum Gasteiger partial charge on any atom is -0.341 e. The number of halogens is 3. The van der Waals surface area contributed by atoms with Crippen molar-refractivity contribution in [2.24, 2.45) is 5.73 Å². The van der Waals surface area contributed by atoms with Crippen LogP contribution in [0.3, 0.4) is 0 Å². The molecule has 1 fully saturated rings. The number of nitrogens with zero attached hydrogens (tertiary/aromatic N) is 1. The van der Waals surface area contributed by atoms with Crippen molar-refractivity contribution in [1.82, 2.24) is 4.90 Å². The molecule has 2 rings (SSSR count). The summed E-state index contributed by atoms with van der Waals surface area (Å²) < 4.78 is 48.7. The Morgan fingerprint density at radius 3 is 2.23 bits per heavy atom. The average Bonchev–Trinajstić information content (AvgIpc) is 2.58. The lowest BCUT2D eigenvalue weighted by atomic mass is 9.88. The van der Waals surface area contributed by atoms with Gasteiger partial charge in [-0.15, -0.1) is 0 Å². The van der Waals surface area contributed by atoms with E-state index in [0.717, 1.165) is 17.7 Å². The van der Waals surface area contributed by atoms with E-state index in [1.165, 1.54) is 12.1 Å². The number of nitrogens with two attached hydrogens (primary N) is 1. The Labute approximate surface area is 149 Å². The van der Waals surface area contributed by atoms with Gasteiger partial charge in [-0.3, -0.25) is 9.36 Å². The van der Waals surface area contributed by atoms with Gasteiger partial charge in [0, 0.05) is 13.1 Å². The number of carbonyl (C=O) groups excluding carboxylic acids is 1. The number of amides is 1. The smallest absolute Gasteiger partial charge is 0.341 e. The molecule has 1 aliphatic heterocycles. The first kappa shape index (κ1) is 20.9. The second kappa shape index (κ2) is 8.08. The van der Waals surface area contributed by atoms with Crippen LogP contribution in [-0.4, -0.2) is 45.9 Å². The first-order chi connectivity index (χ1) is 12.0. The molecule has 1 amide bonds. The zero-order chi connectivity index (χ0) is 19.5. The third-order valence-electron chi connectivity index (χ3n) is 4.56. The van der Waals surface area contributed by atoms with Crippen molar-refractivity contribution in [2.75, 3.05) is 19.3 Å². The minimum absolute atomic E-state index is 0.0626. The third-order valence-corrected chi connectivity index (χ3v) is 5.41. The summed E-state index contributed by atoms with van der Waals surface area (Å²) in [6, 6.07) is 4.09. The molecule has 4 N–H and O–H groups in total. The van der Waals surface area contributed by atoms with Gasteiger partial charge in [0.25, 0.3) is 0 Å². The highest BCUT2D eigenvalue weighted by Crippen LogP contribution is 2.36. The van der Waals surface area contributed by atoms with Gasteiger partial charge in [-0.05, 0) is 42.9 Å². The van der Waals surface area contributed by atoms with Gasteiger partial charge in [-0.1, -0.05) is 12.1 Å². The first-order valence-electron chi connectivity index (χ1n) is 8.23. The largest absolute Gasteiger partial charge is 0.416 e. The molecule has 1 atom stereocenters. The number of piperidine rings is 1. The molecule has 1 saturated heterocycles. The molecular formula is C16H22F3N2O4P. The van der Waals surface area contributed by atoms with Gasteiger partial charge in [-0.2, -0.15) is 13.2 Å². The van der Waals surface area contributed by atoms with Crippen LogP contribution in [0.25, 0.3) is 0 Å². The van der Waals surface area contributed by atoms with Crippen LogP contribution in [0.15, 0.2) is 24.3 Å². The van der Waals surface area contributed by atoms with Crippen LogP contribution >= 0.6 is 7.60 Å². The summed E-state index contributed by atoms with van der Waals surface area (Å²) in [6.45, 7) is 0.822. The molecule has 0 radical (unpaired) electrons. The molecule has 6 nitrogen and oxygen atoms in total. The summed E-state index contributed by atoms with van der Waals surface area (Å²) in [4.78, 5) is 31.5. The molecule has 1 aromatic carbocycles. The number of rotatable bonds is 5. The zero-order valence-electron chi connectivity index (χ0n) is 14.0. The van der Waals surface area contributed by atoms with E-state index >= 15 is 0 Å². The number of hydrogen-bond acceptors (Lipinski definition) is 3. The highest BCUT2D eigenvalue weighted by atomic mass is 31.2. The van der Waals surface area contributed by atoms with E-state index in [2.05, 4.69) is 0 Å². The fourth-order valence-corrected chi connectivity index (χ4v) is 3.66. The molecule has 0 bridgehead atoms. The van der Waals surface area contributed by atoms with Crippen molar-refractivity contribution in [3.05, 3.63) is 35.4 Å². The van der Waals surface area contributed by atoms with Gasteiger partial charge in [-0.25, -0.2) is 0 Å². The maximum absolute atomic E-state index is 12.6. The average molecular weight is 394 g/mol. The minimum atomic E-state index is -4.36. The second-order valence-corrected chi connectivity index (χ2v) is 8.28. The van der Waals surface area contributed by atoms with Crippen LogP contribution in [0.1, 0.15) is 36.3 Å². The second-order valence-electron chi connectivity index (χ2n) is 6.50. The number of benzene rings is 1. The number of hydrogen-bond donors (Lipinski definition) is 3. The Balaban J connectivity index is 1.88. The summed E-state index contributed by atoms with van der Waals surface area (Å²) in [7, 11) is -4.20. The molecule has 1 aromatic rings. The van der Waals surface area contributed by atoms with Gasteiger partial charge in [0.15, 0.2) is 0 Å². The van der Waals surface area contributed by atoms with E-state index in [-0.39, 0.29) is 18.2 Å². The topological polar surface area (TPSA) is 104 Å². The van der Waals surface area contributed by atoms with Crippen molar-refractivity contribution in [3.63, 3.8) is 0 Å². The molecule has 26 heavy (non-hydrogen) atoms. The lowest BCUT2D eigenvalue weighted by Crippen LogP contribution is -2.47. The number of alkyl halides is 3. The first-order valence-corrected chi connectivity index (χ1v) is 10.0. The molecule has 1 heterocycles. The summed E-state index contributed by atoms with van der Waals surface area (Å²) >= 11 is 0. The monoisotopic (exact) mass is 394 g/mol. The molecular weight excluding hydrogens is 372 g/mol. The van der Waals surface area contributed by atoms with Crippen LogP contribution < -0.4 is 5.73 Å². The van der Waals surface area contributed by atoms with Gasteiger partial charge in [0.05, 0.1) is 17.8 Å². The molecule has 0 unspecified atom stereocenters. The summed E-state index contributed by atoms with van der Waals surface area (Å²) in [6.07, 6.45) is -3.70. The van der Waals surface area contributed by atoms with Crippen molar-refractivity contribution < 1.29 is 32.3 Å². The molecule has 146 valence electrons. The maximum Gasteiger partial charge on any atom is 0.416 e. The molecule has 0 aliphatic carbocycles. The molecule has 0 spiro atoms. The van der Waals surface area contributed by atoms with Gasteiger partial charge >= 0.3 is 13.8 Å². The van der Waals surface area contributed by atoms with Crippen LogP contribution in [0.5, 0.6) is 0 Å². The van der Waals surface area contributed by atoms with E-state index < -0.39 is 31.5 Å². The van der Waals surface area contributed by atoms with Crippen molar-refractivity contribution >= 4 is 13.5 Å². The van der Waals surface area contributed by atoms with E-state index in [1.807, 2.05) is 0 Å². The number of carbonyl (C=O) groups is 1. The highest BCUT2D eigenvalue weighted by Gasteiger charge is 2.31.